The number of hydrogen-bond acceptors (Lipinski definition) is 5. The molecule has 0 fully saturated rings. The summed E-state index contributed by atoms with van der Waals surface area (Å²) in [5.74, 6) is 2.15. The number of aromatic amines is 2. The van der Waals surface area contributed by atoms with Crippen molar-refractivity contribution in [1.82, 2.24) is 19.9 Å². The van der Waals surface area contributed by atoms with Gasteiger partial charge in [-0.3, -0.25) is 0 Å². The Bertz CT molecular complexity index is 1970. The molecule has 0 atom stereocenters. The lowest BCUT2D eigenvalue weighted by molar-refractivity contribution is 0.235. The third-order valence-electron chi connectivity index (χ3n) is 9.31. The van der Waals surface area contributed by atoms with Crippen LogP contribution in [0.3, 0.4) is 0 Å². The maximum Gasteiger partial charge on any atom is 0.204 e. The Morgan fingerprint density at radius 1 is 0.490 bits per heavy atom. The zero-order valence-electron chi connectivity index (χ0n) is 30.7. The largest absolute Gasteiger partial charge is 0.490 e. The van der Waals surface area contributed by atoms with Gasteiger partial charge in [0, 0.05) is 33.2 Å². The molecule has 0 saturated carbocycles. The fraction of sp³-hybridized carbons (Fsp3) is 0.409. The van der Waals surface area contributed by atoms with E-state index in [1.54, 1.807) is 0 Å². The number of hydrogen-bond donors (Lipinski definition) is 2. The SMILES string of the molecule is CCCCCCOc1ccc(-c2c3nc(cc4ccc(cc5nc(cc6ccc2[nH]6)C=C5)[nH]4)C=C3)c(OCCCCCC)c1OCCCCCC. The van der Waals surface area contributed by atoms with Crippen molar-refractivity contribution in [3.05, 3.63) is 77.4 Å². The van der Waals surface area contributed by atoms with Crippen LogP contribution in [0.5, 0.6) is 17.2 Å². The molecule has 1 aromatic carbocycles. The van der Waals surface area contributed by atoms with E-state index < -0.39 is 0 Å². The van der Waals surface area contributed by atoms with E-state index in [4.69, 9.17) is 24.2 Å². The van der Waals surface area contributed by atoms with Crippen molar-refractivity contribution in [2.75, 3.05) is 19.8 Å². The molecule has 7 heteroatoms. The predicted octanol–water partition coefficient (Wildman–Crippen LogP) is 12.2. The van der Waals surface area contributed by atoms with Gasteiger partial charge < -0.3 is 24.2 Å². The fourth-order valence-corrected chi connectivity index (χ4v) is 6.54. The minimum atomic E-state index is 0.598. The van der Waals surface area contributed by atoms with Gasteiger partial charge in [-0.25, -0.2) is 9.97 Å². The van der Waals surface area contributed by atoms with Gasteiger partial charge in [-0.1, -0.05) is 78.6 Å². The number of aromatic nitrogens is 4. The van der Waals surface area contributed by atoms with Crippen LogP contribution in [-0.2, 0) is 0 Å². The molecular weight excluding hydrogens is 633 g/mol. The standard InChI is InChI=1S/C44H54N4O3/c1-4-7-10-13-26-49-41-25-22-38(43(50-27-14-11-8-5-2)44(41)51-28-15-12-9-6-3)42-39-23-20-36(47-39)30-34-18-16-32(45-34)29-33-17-19-35(46-33)31-37-21-24-40(42)48-37/h16-25,29-31,45,48H,4-15,26-28H2,1-3H3. The predicted molar refractivity (Wildman–Crippen MR) is 213 cm³/mol. The third kappa shape index (κ3) is 9.72. The van der Waals surface area contributed by atoms with Crippen LogP contribution in [0.4, 0.5) is 0 Å². The van der Waals surface area contributed by atoms with Gasteiger partial charge in [0.15, 0.2) is 11.5 Å². The lowest BCUT2D eigenvalue weighted by atomic mass is 10.0. The van der Waals surface area contributed by atoms with Crippen molar-refractivity contribution in [3.63, 3.8) is 0 Å². The zero-order chi connectivity index (χ0) is 35.3. The summed E-state index contributed by atoms with van der Waals surface area (Å²) in [5.41, 5.74) is 9.28. The minimum Gasteiger partial charge on any atom is -0.490 e. The highest BCUT2D eigenvalue weighted by Gasteiger charge is 2.23. The van der Waals surface area contributed by atoms with Crippen LogP contribution < -0.4 is 14.2 Å². The van der Waals surface area contributed by atoms with Crippen molar-refractivity contribution in [1.29, 1.82) is 0 Å². The van der Waals surface area contributed by atoms with E-state index in [0.29, 0.717) is 25.6 Å². The monoisotopic (exact) mass is 686 g/mol. The molecule has 0 radical (unpaired) electrons. The van der Waals surface area contributed by atoms with Crippen molar-refractivity contribution in [2.45, 2.75) is 97.8 Å². The van der Waals surface area contributed by atoms with Crippen LogP contribution in [0.15, 0.2) is 54.6 Å². The summed E-state index contributed by atoms with van der Waals surface area (Å²) in [5, 5.41) is 0. The van der Waals surface area contributed by atoms with E-state index >= 15 is 0 Å². The Balaban J connectivity index is 1.52. The Morgan fingerprint density at radius 3 is 1.65 bits per heavy atom. The van der Waals surface area contributed by atoms with Crippen molar-refractivity contribution in [3.8, 4) is 28.4 Å². The van der Waals surface area contributed by atoms with E-state index in [0.717, 1.165) is 106 Å². The van der Waals surface area contributed by atoms with Crippen LogP contribution in [-0.4, -0.2) is 39.8 Å². The lowest BCUT2D eigenvalue weighted by Gasteiger charge is -2.21. The molecule has 0 aliphatic carbocycles. The highest BCUT2D eigenvalue weighted by atomic mass is 16.5. The molecule has 0 amide bonds. The Kier molecular flexibility index (Phi) is 13.0. The molecule has 0 unspecified atom stereocenters. The van der Waals surface area contributed by atoms with Crippen molar-refractivity contribution < 1.29 is 14.2 Å². The molecule has 51 heavy (non-hydrogen) atoms. The molecule has 2 aliphatic rings. The number of H-pyrrole nitrogens is 2. The third-order valence-corrected chi connectivity index (χ3v) is 9.31. The van der Waals surface area contributed by atoms with Gasteiger partial charge >= 0.3 is 0 Å². The van der Waals surface area contributed by atoms with E-state index in [-0.39, 0.29) is 0 Å². The fourth-order valence-electron chi connectivity index (χ4n) is 6.54. The van der Waals surface area contributed by atoms with E-state index in [1.807, 2.05) is 12.2 Å². The number of nitrogens with zero attached hydrogens (tertiary/aromatic N) is 2. The summed E-state index contributed by atoms with van der Waals surface area (Å²) < 4.78 is 20.0. The molecule has 7 nitrogen and oxygen atoms in total. The summed E-state index contributed by atoms with van der Waals surface area (Å²) in [4.78, 5) is 17.2. The minimum absolute atomic E-state index is 0.598. The van der Waals surface area contributed by atoms with Crippen LogP contribution in [0.25, 0.3) is 57.5 Å². The van der Waals surface area contributed by atoms with Crippen LogP contribution in [0, 0.1) is 0 Å². The molecule has 2 aliphatic heterocycles. The highest BCUT2D eigenvalue weighted by molar-refractivity contribution is 5.94. The van der Waals surface area contributed by atoms with Crippen LogP contribution in [0.1, 0.15) is 121 Å². The number of nitrogens with one attached hydrogen (secondary N) is 2. The number of ether oxygens (including phenoxy) is 3. The molecule has 5 heterocycles. The first-order chi connectivity index (χ1) is 25.1. The van der Waals surface area contributed by atoms with Crippen molar-refractivity contribution in [2.24, 2.45) is 0 Å². The molecule has 4 aromatic rings. The summed E-state index contributed by atoms with van der Waals surface area (Å²) >= 11 is 0. The van der Waals surface area contributed by atoms with Crippen LogP contribution >= 0.6 is 0 Å². The van der Waals surface area contributed by atoms with Gasteiger partial charge in [0.05, 0.1) is 42.6 Å². The maximum absolute atomic E-state index is 6.80. The first kappa shape index (κ1) is 36.0. The molecule has 8 bridgehead atoms. The maximum atomic E-state index is 6.80. The Morgan fingerprint density at radius 2 is 1.02 bits per heavy atom. The average Bonchev–Trinajstić information content (AvgIpc) is 3.96. The van der Waals surface area contributed by atoms with E-state index in [2.05, 4.69) is 97.5 Å². The molecule has 6 rings (SSSR count). The second kappa shape index (κ2) is 18.5. The number of unbranched alkanes of at least 4 members (excludes halogenated alkanes) is 9. The second-order valence-corrected chi connectivity index (χ2v) is 13.6. The molecule has 3 aromatic heterocycles. The Hall–Kier alpha value is -4.78. The summed E-state index contributed by atoms with van der Waals surface area (Å²) in [6, 6.07) is 18.8. The van der Waals surface area contributed by atoms with Gasteiger partial charge in [0.1, 0.15) is 0 Å². The topological polar surface area (TPSA) is 85.1 Å². The van der Waals surface area contributed by atoms with Gasteiger partial charge in [-0.05, 0) is 98.2 Å². The smallest absolute Gasteiger partial charge is 0.204 e. The summed E-state index contributed by atoms with van der Waals surface area (Å²) in [6.07, 6.45) is 21.8. The quantitative estimate of drug-likeness (QED) is 0.0828. The average molecular weight is 687 g/mol. The van der Waals surface area contributed by atoms with Gasteiger partial charge in [0.25, 0.3) is 0 Å². The number of benzene rings is 1. The first-order valence-electron chi connectivity index (χ1n) is 19.3. The zero-order valence-corrected chi connectivity index (χ0v) is 30.7. The number of fused-ring (bicyclic) bond motifs is 8. The second-order valence-electron chi connectivity index (χ2n) is 13.6. The highest BCUT2D eigenvalue weighted by Crippen LogP contribution is 2.47. The van der Waals surface area contributed by atoms with Gasteiger partial charge in [0.2, 0.25) is 5.75 Å². The number of rotatable bonds is 19. The molecule has 0 spiro atoms. The van der Waals surface area contributed by atoms with E-state index in [9.17, 15) is 0 Å². The molecule has 268 valence electrons. The lowest BCUT2D eigenvalue weighted by Crippen LogP contribution is -2.07. The van der Waals surface area contributed by atoms with Crippen molar-refractivity contribution >= 4 is 46.4 Å². The Labute approximate surface area is 303 Å². The van der Waals surface area contributed by atoms with Crippen LogP contribution in [0.2, 0.25) is 0 Å². The summed E-state index contributed by atoms with van der Waals surface area (Å²) in [7, 11) is 0. The molecule has 2 N–H and O–H groups in total. The molecule has 0 saturated heterocycles. The van der Waals surface area contributed by atoms with E-state index in [1.165, 1.54) is 38.5 Å². The van der Waals surface area contributed by atoms with Gasteiger partial charge in [-0.15, -0.1) is 0 Å². The van der Waals surface area contributed by atoms with Gasteiger partial charge in [-0.2, -0.15) is 0 Å². The molecular formula is C44H54N4O3. The normalized spacial score (nSPS) is 12.1. The first-order valence-corrected chi connectivity index (χ1v) is 19.3. The summed E-state index contributed by atoms with van der Waals surface area (Å²) in [6.45, 7) is 8.55.